The molecule has 2 aliphatic heterocycles. The van der Waals surface area contributed by atoms with Gasteiger partial charge in [0.25, 0.3) is 0 Å². The molecule has 2 aliphatic rings. The first-order valence-corrected chi connectivity index (χ1v) is 9.46. The van der Waals surface area contributed by atoms with E-state index >= 15 is 0 Å². The van der Waals surface area contributed by atoms with Gasteiger partial charge < -0.3 is 19.7 Å². The van der Waals surface area contributed by atoms with Crippen LogP contribution in [0.15, 0.2) is 41.8 Å². The van der Waals surface area contributed by atoms with Crippen molar-refractivity contribution in [2.45, 2.75) is 20.4 Å². The van der Waals surface area contributed by atoms with Crippen LogP contribution in [0, 0.1) is 0 Å². The summed E-state index contributed by atoms with van der Waals surface area (Å²) in [5.74, 6) is 1.75. The molecule has 0 aromatic heterocycles. The summed E-state index contributed by atoms with van der Waals surface area (Å²) >= 11 is 0. The molecule has 0 amide bonds. The summed E-state index contributed by atoms with van der Waals surface area (Å²) < 4.78 is 11.5. The smallest absolute Gasteiger partial charge is 0.127 e. The summed E-state index contributed by atoms with van der Waals surface area (Å²) in [5, 5.41) is 3.40. The summed E-state index contributed by atoms with van der Waals surface area (Å²) in [6.07, 6.45) is 2.20. The lowest BCUT2D eigenvalue weighted by Crippen LogP contribution is -2.43. The second-order valence-corrected chi connectivity index (χ2v) is 7.22. The molecular formula is C22H31N3O2. The summed E-state index contributed by atoms with van der Waals surface area (Å²) in [4.78, 5) is 4.57. The molecule has 0 aliphatic carbocycles. The van der Waals surface area contributed by atoms with Crippen LogP contribution in [0.3, 0.4) is 0 Å². The highest BCUT2D eigenvalue weighted by molar-refractivity contribution is 5.81. The second kappa shape index (κ2) is 8.19. The minimum absolute atomic E-state index is 0.831. The van der Waals surface area contributed by atoms with Gasteiger partial charge in [0.15, 0.2) is 0 Å². The second-order valence-electron chi connectivity index (χ2n) is 7.22. The molecule has 1 N–H and O–H groups in total. The maximum absolute atomic E-state index is 5.77. The molecule has 1 fully saturated rings. The van der Waals surface area contributed by atoms with Crippen molar-refractivity contribution in [1.29, 1.82) is 0 Å². The molecule has 0 bridgehead atoms. The van der Waals surface area contributed by atoms with Crippen molar-refractivity contribution in [2.24, 2.45) is 0 Å². The number of rotatable bonds is 5. The molecule has 5 nitrogen and oxygen atoms in total. The topological polar surface area (TPSA) is 37.0 Å². The van der Waals surface area contributed by atoms with E-state index in [9.17, 15) is 0 Å². The van der Waals surface area contributed by atoms with Gasteiger partial charge in [0.2, 0.25) is 0 Å². The highest BCUT2D eigenvalue weighted by Crippen LogP contribution is 2.38. The highest BCUT2D eigenvalue weighted by Gasteiger charge is 2.22. The van der Waals surface area contributed by atoms with Crippen molar-refractivity contribution >= 4 is 5.57 Å². The number of ether oxygens (including phenoxy) is 2. The molecule has 0 atom stereocenters. The Morgan fingerprint density at radius 2 is 1.67 bits per heavy atom. The molecule has 0 radical (unpaired) electrons. The third kappa shape index (κ3) is 3.89. The van der Waals surface area contributed by atoms with E-state index in [1.54, 1.807) is 14.2 Å². The summed E-state index contributed by atoms with van der Waals surface area (Å²) in [6.45, 7) is 13.3. The number of allylic oxidation sites excluding steroid dienone is 4. The van der Waals surface area contributed by atoms with E-state index in [2.05, 4.69) is 60.8 Å². The lowest BCUT2D eigenvalue weighted by Gasteiger charge is -2.31. The molecule has 1 saturated heterocycles. The predicted octanol–water partition coefficient (Wildman–Crippen LogP) is 3.25. The molecule has 146 valence electrons. The first kappa shape index (κ1) is 19.5. The zero-order valence-corrected chi connectivity index (χ0v) is 17.2. The Bertz CT molecular complexity index is 764. The number of methoxy groups -OCH3 is 2. The Labute approximate surface area is 162 Å². The van der Waals surface area contributed by atoms with Crippen LogP contribution in [0.4, 0.5) is 0 Å². The molecule has 5 heteroatoms. The number of hydrogen-bond acceptors (Lipinski definition) is 5. The van der Waals surface area contributed by atoms with Crippen LogP contribution in [0.2, 0.25) is 0 Å². The van der Waals surface area contributed by atoms with Crippen molar-refractivity contribution in [3.8, 4) is 11.5 Å². The van der Waals surface area contributed by atoms with Gasteiger partial charge in [0.05, 0.1) is 19.8 Å². The molecule has 0 saturated carbocycles. The molecule has 0 spiro atoms. The first-order valence-electron chi connectivity index (χ1n) is 9.46. The summed E-state index contributed by atoms with van der Waals surface area (Å²) in [5.41, 5.74) is 6.76. The predicted molar refractivity (Wildman–Crippen MR) is 111 cm³/mol. The number of likely N-dealkylation sites (N-methyl/N-ethyl adjacent to an activating group) is 1. The van der Waals surface area contributed by atoms with Gasteiger partial charge in [-0.15, -0.1) is 0 Å². The van der Waals surface area contributed by atoms with Gasteiger partial charge in [-0.1, -0.05) is 6.58 Å². The Morgan fingerprint density at radius 3 is 2.22 bits per heavy atom. The highest BCUT2D eigenvalue weighted by atomic mass is 16.5. The minimum Gasteiger partial charge on any atom is -0.496 e. The Morgan fingerprint density at radius 1 is 1.07 bits per heavy atom. The van der Waals surface area contributed by atoms with E-state index in [0.29, 0.717) is 0 Å². The molecule has 0 unspecified atom stereocenters. The van der Waals surface area contributed by atoms with Crippen molar-refractivity contribution in [3.05, 3.63) is 52.9 Å². The third-order valence-electron chi connectivity index (χ3n) is 5.62. The zero-order chi connectivity index (χ0) is 19.6. The maximum Gasteiger partial charge on any atom is 0.127 e. The summed E-state index contributed by atoms with van der Waals surface area (Å²) in [6, 6.07) is 4.26. The van der Waals surface area contributed by atoms with Crippen molar-refractivity contribution in [3.63, 3.8) is 0 Å². The Hall–Kier alpha value is -2.24. The minimum atomic E-state index is 0.831. The Kier molecular flexibility index (Phi) is 5.92. The maximum atomic E-state index is 5.77. The fraction of sp³-hybridized carbons (Fsp3) is 0.455. The van der Waals surface area contributed by atoms with Crippen LogP contribution < -0.4 is 14.8 Å². The van der Waals surface area contributed by atoms with Crippen LogP contribution in [-0.4, -0.2) is 57.2 Å². The van der Waals surface area contributed by atoms with Crippen molar-refractivity contribution in [1.82, 2.24) is 15.1 Å². The SMILES string of the molecule is C=C1C(C)=CC(c2cc(OC)c(CN3CCNCC3)c(OC)c2)=C(C)N1C. The fourth-order valence-electron chi connectivity index (χ4n) is 3.73. The molecular weight excluding hydrogens is 338 g/mol. The lowest BCUT2D eigenvalue weighted by atomic mass is 9.94. The van der Waals surface area contributed by atoms with E-state index in [-0.39, 0.29) is 0 Å². The average Bonchev–Trinajstić information content (AvgIpc) is 2.70. The molecule has 1 aromatic rings. The van der Waals surface area contributed by atoms with Crippen molar-refractivity contribution < 1.29 is 9.47 Å². The largest absolute Gasteiger partial charge is 0.496 e. The van der Waals surface area contributed by atoms with Crippen molar-refractivity contribution in [2.75, 3.05) is 47.4 Å². The van der Waals surface area contributed by atoms with E-state index in [1.165, 1.54) is 16.8 Å². The average molecular weight is 370 g/mol. The normalized spacial score (nSPS) is 18.6. The van der Waals surface area contributed by atoms with Gasteiger partial charge in [-0.2, -0.15) is 0 Å². The van der Waals surface area contributed by atoms with Crippen LogP contribution in [0.25, 0.3) is 5.57 Å². The fourth-order valence-corrected chi connectivity index (χ4v) is 3.73. The van der Waals surface area contributed by atoms with Crippen LogP contribution >= 0.6 is 0 Å². The molecule has 3 rings (SSSR count). The van der Waals surface area contributed by atoms with Gasteiger partial charge in [-0.3, -0.25) is 4.90 Å². The van der Waals surface area contributed by atoms with Gasteiger partial charge in [0.1, 0.15) is 11.5 Å². The third-order valence-corrected chi connectivity index (χ3v) is 5.62. The summed E-state index contributed by atoms with van der Waals surface area (Å²) in [7, 11) is 5.52. The molecule has 2 heterocycles. The van der Waals surface area contributed by atoms with E-state index in [1.807, 2.05) is 0 Å². The van der Waals surface area contributed by atoms with Gasteiger partial charge in [0, 0.05) is 56.7 Å². The standard InChI is InChI=1S/C22H31N3O2/c1-15-11-19(17(3)24(4)16(15)2)18-12-21(26-5)20(22(13-18)27-6)14-25-9-7-23-8-10-25/h11-13,23H,2,7-10,14H2,1,3-6H3. The number of nitrogens with zero attached hydrogens (tertiary/aromatic N) is 2. The number of piperazine rings is 1. The zero-order valence-electron chi connectivity index (χ0n) is 17.2. The first-order chi connectivity index (χ1) is 13.0. The number of hydrogen-bond donors (Lipinski definition) is 1. The number of benzene rings is 1. The van der Waals surface area contributed by atoms with Crippen LogP contribution in [0.5, 0.6) is 11.5 Å². The molecule has 27 heavy (non-hydrogen) atoms. The van der Waals surface area contributed by atoms with Gasteiger partial charge in [-0.25, -0.2) is 0 Å². The van der Waals surface area contributed by atoms with Gasteiger partial charge in [-0.05, 0) is 43.2 Å². The monoisotopic (exact) mass is 369 g/mol. The van der Waals surface area contributed by atoms with E-state index in [0.717, 1.165) is 61.0 Å². The van der Waals surface area contributed by atoms with Crippen LogP contribution in [0.1, 0.15) is 25.0 Å². The quantitative estimate of drug-likeness (QED) is 0.862. The van der Waals surface area contributed by atoms with Crippen LogP contribution in [-0.2, 0) is 6.54 Å². The van der Waals surface area contributed by atoms with E-state index in [4.69, 9.17) is 9.47 Å². The number of nitrogens with one attached hydrogen (secondary N) is 1. The Balaban J connectivity index is 2.02. The van der Waals surface area contributed by atoms with Gasteiger partial charge >= 0.3 is 0 Å². The van der Waals surface area contributed by atoms with E-state index < -0.39 is 0 Å². The molecule has 1 aromatic carbocycles. The lowest BCUT2D eigenvalue weighted by molar-refractivity contribution is 0.226.